The van der Waals surface area contributed by atoms with Gasteiger partial charge in [0, 0.05) is 29.1 Å². The van der Waals surface area contributed by atoms with E-state index in [9.17, 15) is 8.78 Å². The van der Waals surface area contributed by atoms with E-state index in [1.165, 1.54) is 0 Å². The lowest BCUT2D eigenvalue weighted by Gasteiger charge is -2.19. The Morgan fingerprint density at radius 2 is 2.11 bits per heavy atom. The fraction of sp³-hybridized carbons (Fsp3) is 0.250. The van der Waals surface area contributed by atoms with Crippen LogP contribution in [0.3, 0.4) is 0 Å². The van der Waals surface area contributed by atoms with Crippen molar-refractivity contribution in [2.45, 2.75) is 13.0 Å². The van der Waals surface area contributed by atoms with Gasteiger partial charge in [-0.05, 0) is 15.9 Å². The van der Waals surface area contributed by atoms with E-state index in [1.54, 1.807) is 0 Å². The molecule has 2 N–H and O–H groups in total. The van der Waals surface area contributed by atoms with Crippen LogP contribution in [0.2, 0.25) is 0 Å². The number of nitrogens with two attached hydrogens (primary N) is 1. The van der Waals surface area contributed by atoms with Gasteiger partial charge in [0.15, 0.2) is 5.82 Å². The molecule has 1 aliphatic heterocycles. The van der Waals surface area contributed by atoms with E-state index in [2.05, 4.69) is 20.9 Å². The second kappa shape index (κ2) is 4.13. The molecule has 0 saturated carbocycles. The number of rotatable bonds is 0. The maximum Gasteiger partial charge on any atom is 0.152 e. The SMILES string of the molecule is Nc1c2c(nc3c(F)cc(F)c(Br)c13)CCOC2. The molecule has 0 spiro atoms. The minimum absolute atomic E-state index is 0.0985. The topological polar surface area (TPSA) is 48.1 Å². The number of nitrogen functional groups attached to an aromatic ring is 1. The molecule has 94 valence electrons. The van der Waals surface area contributed by atoms with Crippen LogP contribution in [-0.4, -0.2) is 11.6 Å². The molecule has 2 aromatic rings. The predicted octanol–water partition coefficient (Wildman–Crippen LogP) is 2.93. The summed E-state index contributed by atoms with van der Waals surface area (Å²) in [6.07, 6.45) is 0.587. The molecule has 0 fully saturated rings. The van der Waals surface area contributed by atoms with Gasteiger partial charge in [-0.25, -0.2) is 13.8 Å². The van der Waals surface area contributed by atoms with Crippen molar-refractivity contribution in [3.8, 4) is 0 Å². The number of pyridine rings is 1. The molecule has 1 aliphatic rings. The largest absolute Gasteiger partial charge is 0.398 e. The van der Waals surface area contributed by atoms with Crippen LogP contribution >= 0.6 is 15.9 Å². The van der Waals surface area contributed by atoms with Crippen LogP contribution in [0.4, 0.5) is 14.5 Å². The third-order valence-electron chi connectivity index (χ3n) is 3.06. The average molecular weight is 315 g/mol. The van der Waals surface area contributed by atoms with E-state index >= 15 is 0 Å². The highest BCUT2D eigenvalue weighted by Crippen LogP contribution is 2.36. The lowest BCUT2D eigenvalue weighted by molar-refractivity contribution is 0.110. The van der Waals surface area contributed by atoms with Crippen molar-refractivity contribution in [2.24, 2.45) is 0 Å². The second-order valence-corrected chi connectivity index (χ2v) is 4.92. The van der Waals surface area contributed by atoms with Gasteiger partial charge in [-0.1, -0.05) is 0 Å². The third-order valence-corrected chi connectivity index (χ3v) is 3.84. The summed E-state index contributed by atoms with van der Waals surface area (Å²) in [6.45, 7) is 0.865. The molecule has 1 aromatic heterocycles. The van der Waals surface area contributed by atoms with Gasteiger partial charge < -0.3 is 10.5 Å². The molecule has 0 unspecified atom stereocenters. The van der Waals surface area contributed by atoms with Crippen LogP contribution in [-0.2, 0) is 17.8 Å². The lowest BCUT2D eigenvalue weighted by atomic mass is 10.0. The first-order chi connectivity index (χ1) is 8.59. The van der Waals surface area contributed by atoms with E-state index in [4.69, 9.17) is 10.5 Å². The van der Waals surface area contributed by atoms with Gasteiger partial charge in [-0.3, -0.25) is 0 Å². The van der Waals surface area contributed by atoms with Crippen molar-refractivity contribution >= 4 is 32.5 Å². The Bertz CT molecular complexity index is 661. The summed E-state index contributed by atoms with van der Waals surface area (Å²) in [5, 5.41) is 0.275. The zero-order valence-electron chi connectivity index (χ0n) is 9.27. The van der Waals surface area contributed by atoms with E-state index < -0.39 is 11.6 Å². The minimum atomic E-state index is -0.702. The van der Waals surface area contributed by atoms with Crippen LogP contribution in [0.1, 0.15) is 11.3 Å². The number of ether oxygens (including phenoxy) is 1. The third kappa shape index (κ3) is 1.59. The summed E-state index contributed by atoms with van der Waals surface area (Å²) >= 11 is 3.09. The zero-order chi connectivity index (χ0) is 12.9. The number of aromatic nitrogens is 1. The van der Waals surface area contributed by atoms with Gasteiger partial charge in [0.25, 0.3) is 0 Å². The monoisotopic (exact) mass is 314 g/mol. The number of fused-ring (bicyclic) bond motifs is 2. The Morgan fingerprint density at radius 1 is 1.33 bits per heavy atom. The van der Waals surface area contributed by atoms with Crippen LogP contribution in [0.15, 0.2) is 10.5 Å². The number of nitrogens with zero attached hydrogens (tertiary/aromatic N) is 1. The fourth-order valence-corrected chi connectivity index (χ4v) is 2.68. The minimum Gasteiger partial charge on any atom is -0.398 e. The Kier molecular flexibility index (Phi) is 2.71. The molecule has 3 nitrogen and oxygen atoms in total. The average Bonchev–Trinajstić information content (AvgIpc) is 2.36. The number of anilines is 1. The lowest BCUT2D eigenvalue weighted by Crippen LogP contribution is -2.15. The van der Waals surface area contributed by atoms with Gasteiger partial charge in [0.1, 0.15) is 11.3 Å². The summed E-state index contributed by atoms with van der Waals surface area (Å²) < 4.78 is 32.7. The van der Waals surface area contributed by atoms with E-state index in [1.807, 2.05) is 0 Å². The van der Waals surface area contributed by atoms with Crippen molar-refractivity contribution in [1.29, 1.82) is 0 Å². The standard InChI is InChI=1S/C12H9BrF2N2O/c13-10-6(14)3-7(15)12-9(10)11(16)5-4-18-2-1-8(5)17-12/h3H,1-2,4H2,(H2,16,17). The van der Waals surface area contributed by atoms with Crippen LogP contribution in [0.5, 0.6) is 0 Å². The number of benzene rings is 1. The maximum atomic E-state index is 13.8. The van der Waals surface area contributed by atoms with Crippen LogP contribution < -0.4 is 5.73 Å². The van der Waals surface area contributed by atoms with E-state index in [-0.39, 0.29) is 15.4 Å². The Hall–Kier alpha value is -1.27. The predicted molar refractivity (Wildman–Crippen MR) is 67.1 cm³/mol. The van der Waals surface area contributed by atoms with Gasteiger partial charge in [-0.15, -0.1) is 0 Å². The number of halogens is 3. The Morgan fingerprint density at radius 3 is 2.89 bits per heavy atom. The summed E-state index contributed by atoms with van der Waals surface area (Å²) in [6, 6.07) is 0.810. The van der Waals surface area contributed by atoms with Gasteiger partial charge in [0.2, 0.25) is 0 Å². The van der Waals surface area contributed by atoms with Crippen molar-refractivity contribution in [3.05, 3.63) is 33.4 Å². The van der Waals surface area contributed by atoms with Gasteiger partial charge in [-0.2, -0.15) is 0 Å². The van der Waals surface area contributed by atoms with Crippen LogP contribution in [0.25, 0.3) is 10.9 Å². The van der Waals surface area contributed by atoms with Crippen LogP contribution in [0, 0.1) is 11.6 Å². The van der Waals surface area contributed by atoms with Crippen molar-refractivity contribution in [1.82, 2.24) is 4.98 Å². The quantitative estimate of drug-likeness (QED) is 0.761. The molecule has 0 bridgehead atoms. The first-order valence-corrected chi connectivity index (χ1v) is 6.21. The zero-order valence-corrected chi connectivity index (χ0v) is 10.9. The number of hydrogen-bond donors (Lipinski definition) is 1. The molecule has 3 rings (SSSR count). The van der Waals surface area contributed by atoms with Crippen molar-refractivity contribution in [3.63, 3.8) is 0 Å². The summed E-state index contributed by atoms with van der Waals surface area (Å²) in [5.74, 6) is -1.39. The first kappa shape index (κ1) is 11.8. The molecule has 0 aliphatic carbocycles. The van der Waals surface area contributed by atoms with E-state index in [0.29, 0.717) is 25.3 Å². The van der Waals surface area contributed by atoms with Crippen molar-refractivity contribution in [2.75, 3.05) is 12.3 Å². The molecule has 0 radical (unpaired) electrons. The van der Waals surface area contributed by atoms with E-state index in [0.717, 1.165) is 17.3 Å². The smallest absolute Gasteiger partial charge is 0.152 e. The molecular weight excluding hydrogens is 306 g/mol. The molecular formula is C12H9BrF2N2O. The Balaban J connectivity index is 2.46. The maximum absolute atomic E-state index is 13.8. The van der Waals surface area contributed by atoms with Gasteiger partial charge >= 0.3 is 0 Å². The molecule has 0 atom stereocenters. The number of hydrogen-bond acceptors (Lipinski definition) is 3. The molecule has 18 heavy (non-hydrogen) atoms. The van der Waals surface area contributed by atoms with Gasteiger partial charge in [0.05, 0.1) is 23.4 Å². The highest BCUT2D eigenvalue weighted by atomic mass is 79.9. The fourth-order valence-electron chi connectivity index (χ4n) is 2.16. The molecule has 6 heteroatoms. The normalized spacial score (nSPS) is 14.8. The Labute approximate surface area is 110 Å². The highest BCUT2D eigenvalue weighted by molar-refractivity contribution is 9.10. The summed E-state index contributed by atoms with van der Waals surface area (Å²) in [4.78, 5) is 4.25. The second-order valence-electron chi connectivity index (χ2n) is 4.13. The molecule has 1 aromatic carbocycles. The van der Waals surface area contributed by atoms with Crippen molar-refractivity contribution < 1.29 is 13.5 Å². The molecule has 2 heterocycles. The first-order valence-electron chi connectivity index (χ1n) is 5.41. The molecule has 0 amide bonds. The summed E-state index contributed by atoms with van der Waals surface area (Å²) in [7, 11) is 0. The highest BCUT2D eigenvalue weighted by Gasteiger charge is 2.21. The summed E-state index contributed by atoms with van der Waals surface area (Å²) in [5.41, 5.74) is 7.87. The molecule has 0 saturated heterocycles.